The summed E-state index contributed by atoms with van der Waals surface area (Å²) >= 11 is 0. The Morgan fingerprint density at radius 3 is 2.59 bits per heavy atom. The molecule has 3 N–H and O–H groups in total. The fraction of sp³-hybridized carbons (Fsp3) is 0.588. The van der Waals surface area contributed by atoms with Crippen LogP contribution in [0.4, 0.5) is 0 Å². The molecule has 5 nitrogen and oxygen atoms in total. The van der Waals surface area contributed by atoms with Crippen molar-refractivity contribution >= 4 is 5.91 Å². The van der Waals surface area contributed by atoms with Crippen LogP contribution < -0.4 is 15.8 Å². The number of ether oxygens (including phenoxy) is 2. The number of nitrogens with one attached hydrogen (secondary N) is 1. The van der Waals surface area contributed by atoms with Crippen LogP contribution in [-0.2, 0) is 16.1 Å². The van der Waals surface area contributed by atoms with Gasteiger partial charge in [0, 0.05) is 25.8 Å². The normalized spacial score (nSPS) is 12.8. The first kappa shape index (κ1) is 18.5. The van der Waals surface area contributed by atoms with Crippen molar-refractivity contribution in [3.63, 3.8) is 0 Å². The van der Waals surface area contributed by atoms with Crippen LogP contribution in [0.2, 0.25) is 0 Å². The molecule has 0 radical (unpaired) electrons. The van der Waals surface area contributed by atoms with Gasteiger partial charge >= 0.3 is 0 Å². The highest BCUT2D eigenvalue weighted by Crippen LogP contribution is 2.24. The minimum absolute atomic E-state index is 0.0837. The molecule has 0 aliphatic heterocycles. The summed E-state index contributed by atoms with van der Waals surface area (Å²) in [6, 6.07) is 5.98. The van der Waals surface area contributed by atoms with E-state index in [0.29, 0.717) is 13.1 Å². The van der Waals surface area contributed by atoms with Crippen molar-refractivity contribution in [2.24, 2.45) is 5.73 Å². The zero-order chi connectivity index (χ0) is 16.8. The van der Waals surface area contributed by atoms with Gasteiger partial charge in [0.1, 0.15) is 11.4 Å². The summed E-state index contributed by atoms with van der Waals surface area (Å²) in [6.07, 6.45) is 0.0113. The van der Waals surface area contributed by atoms with Crippen LogP contribution in [0.3, 0.4) is 0 Å². The van der Waals surface area contributed by atoms with Crippen LogP contribution in [-0.4, -0.2) is 31.3 Å². The van der Waals surface area contributed by atoms with Gasteiger partial charge < -0.3 is 20.5 Å². The maximum absolute atomic E-state index is 11.9. The smallest absolute Gasteiger partial charge is 0.222 e. The minimum atomic E-state index is -0.284. The number of methoxy groups -OCH3 is 1. The van der Waals surface area contributed by atoms with Crippen molar-refractivity contribution in [3.05, 3.63) is 29.3 Å². The summed E-state index contributed by atoms with van der Waals surface area (Å²) in [6.45, 7) is 8.77. The van der Waals surface area contributed by atoms with Crippen LogP contribution in [0.5, 0.6) is 5.75 Å². The number of nitrogens with two attached hydrogens (primary N) is 1. The van der Waals surface area contributed by atoms with Gasteiger partial charge in [-0.1, -0.05) is 12.1 Å². The van der Waals surface area contributed by atoms with Gasteiger partial charge in [0.15, 0.2) is 0 Å². The SMILES string of the molecule is COC(CN)CC(=O)NCc1ccc(C)cc1OC(C)(C)C. The predicted octanol–water partition coefficient (Wildman–Crippen LogP) is 2.15. The number of carbonyl (C=O) groups excluding carboxylic acids is 1. The molecule has 0 saturated carbocycles. The first-order chi connectivity index (χ1) is 10.2. The minimum Gasteiger partial charge on any atom is -0.488 e. The molecule has 1 rings (SSSR count). The molecule has 5 heteroatoms. The molecule has 1 atom stereocenters. The van der Waals surface area contributed by atoms with Crippen LogP contribution in [0.25, 0.3) is 0 Å². The summed E-state index contributed by atoms with van der Waals surface area (Å²) in [4.78, 5) is 11.9. The second-order valence-electron chi connectivity index (χ2n) is 6.40. The lowest BCUT2D eigenvalue weighted by Gasteiger charge is -2.24. The Morgan fingerprint density at radius 2 is 2.05 bits per heavy atom. The van der Waals surface area contributed by atoms with E-state index in [1.807, 2.05) is 45.9 Å². The molecular formula is C17H28N2O3. The number of aryl methyl sites for hydroxylation is 1. The van der Waals surface area contributed by atoms with Crippen molar-refractivity contribution in [1.29, 1.82) is 0 Å². The molecule has 0 spiro atoms. The maximum atomic E-state index is 11.9. The second-order valence-corrected chi connectivity index (χ2v) is 6.40. The zero-order valence-corrected chi connectivity index (χ0v) is 14.2. The van der Waals surface area contributed by atoms with Crippen molar-refractivity contribution in [3.8, 4) is 5.75 Å². The average Bonchev–Trinajstić information content (AvgIpc) is 2.42. The first-order valence-electron chi connectivity index (χ1n) is 7.53. The molecule has 0 aromatic heterocycles. The first-order valence-corrected chi connectivity index (χ1v) is 7.53. The largest absolute Gasteiger partial charge is 0.488 e. The molecule has 0 aliphatic rings. The number of benzene rings is 1. The number of hydrogen-bond acceptors (Lipinski definition) is 4. The van der Waals surface area contributed by atoms with Crippen molar-refractivity contribution in [1.82, 2.24) is 5.32 Å². The third kappa shape index (κ3) is 6.45. The molecule has 124 valence electrons. The van der Waals surface area contributed by atoms with Gasteiger partial charge in [0.2, 0.25) is 5.91 Å². The van der Waals surface area contributed by atoms with E-state index < -0.39 is 0 Å². The molecule has 1 aromatic carbocycles. The Hall–Kier alpha value is -1.59. The van der Waals surface area contributed by atoms with Crippen LogP contribution in [0.1, 0.15) is 38.3 Å². The summed E-state index contributed by atoms with van der Waals surface area (Å²) in [5.41, 5.74) is 7.32. The highest BCUT2D eigenvalue weighted by molar-refractivity contribution is 5.76. The Bertz CT molecular complexity index is 491. The fourth-order valence-electron chi connectivity index (χ4n) is 1.97. The van der Waals surface area contributed by atoms with Crippen LogP contribution in [0.15, 0.2) is 18.2 Å². The van der Waals surface area contributed by atoms with Crippen molar-refractivity contribution in [2.45, 2.75) is 52.4 Å². The highest BCUT2D eigenvalue weighted by atomic mass is 16.5. The average molecular weight is 308 g/mol. The van der Waals surface area contributed by atoms with E-state index in [1.54, 1.807) is 7.11 Å². The van der Waals surface area contributed by atoms with Crippen LogP contribution in [0, 0.1) is 6.92 Å². The van der Waals surface area contributed by atoms with E-state index in [0.717, 1.165) is 16.9 Å². The lowest BCUT2D eigenvalue weighted by Crippen LogP contribution is -2.32. The van der Waals surface area contributed by atoms with E-state index in [4.69, 9.17) is 15.2 Å². The molecule has 0 aliphatic carbocycles. The number of rotatable bonds is 7. The highest BCUT2D eigenvalue weighted by Gasteiger charge is 2.16. The standard InChI is InChI=1S/C17H28N2O3/c1-12-6-7-13(15(8-12)22-17(2,3)4)11-19-16(20)9-14(10-18)21-5/h6-8,14H,9-11,18H2,1-5H3,(H,19,20). The third-order valence-corrected chi connectivity index (χ3v) is 3.12. The third-order valence-electron chi connectivity index (χ3n) is 3.12. The monoisotopic (exact) mass is 308 g/mol. The molecule has 0 fully saturated rings. The van der Waals surface area contributed by atoms with Gasteiger partial charge in [-0.25, -0.2) is 0 Å². The van der Waals surface area contributed by atoms with Gasteiger partial charge in [-0.3, -0.25) is 4.79 Å². The second kappa shape index (κ2) is 8.15. The molecule has 0 saturated heterocycles. The van der Waals surface area contributed by atoms with Crippen molar-refractivity contribution in [2.75, 3.05) is 13.7 Å². The molecule has 0 heterocycles. The van der Waals surface area contributed by atoms with Gasteiger partial charge in [-0.15, -0.1) is 0 Å². The Labute approximate surface area is 133 Å². The maximum Gasteiger partial charge on any atom is 0.222 e. The van der Waals surface area contributed by atoms with E-state index >= 15 is 0 Å². The van der Waals surface area contributed by atoms with Crippen molar-refractivity contribution < 1.29 is 14.3 Å². The molecule has 1 amide bonds. The van der Waals surface area contributed by atoms with Gasteiger partial charge in [0.05, 0.1) is 12.5 Å². The topological polar surface area (TPSA) is 73.6 Å². The lowest BCUT2D eigenvalue weighted by atomic mass is 10.1. The van der Waals surface area contributed by atoms with E-state index in [9.17, 15) is 4.79 Å². The van der Waals surface area contributed by atoms with Gasteiger partial charge in [0.25, 0.3) is 0 Å². The summed E-state index contributed by atoms with van der Waals surface area (Å²) in [5, 5.41) is 2.89. The fourth-order valence-corrected chi connectivity index (χ4v) is 1.97. The molecular weight excluding hydrogens is 280 g/mol. The zero-order valence-electron chi connectivity index (χ0n) is 14.2. The quantitative estimate of drug-likeness (QED) is 0.809. The predicted molar refractivity (Wildman–Crippen MR) is 87.9 cm³/mol. The summed E-state index contributed by atoms with van der Waals surface area (Å²) in [7, 11) is 1.56. The number of hydrogen-bond donors (Lipinski definition) is 2. The summed E-state index contributed by atoms with van der Waals surface area (Å²) < 4.78 is 11.1. The molecule has 1 aromatic rings. The molecule has 1 unspecified atom stereocenters. The van der Waals surface area contributed by atoms with Gasteiger partial charge in [-0.2, -0.15) is 0 Å². The molecule has 0 bridgehead atoms. The van der Waals surface area contributed by atoms with E-state index in [-0.39, 0.29) is 24.0 Å². The number of amides is 1. The Kier molecular flexibility index (Phi) is 6.84. The lowest BCUT2D eigenvalue weighted by molar-refractivity contribution is -0.123. The Balaban J connectivity index is 2.71. The Morgan fingerprint density at radius 1 is 1.36 bits per heavy atom. The van der Waals surface area contributed by atoms with E-state index in [1.165, 1.54) is 0 Å². The van der Waals surface area contributed by atoms with E-state index in [2.05, 4.69) is 5.32 Å². The summed E-state index contributed by atoms with van der Waals surface area (Å²) in [5.74, 6) is 0.717. The number of carbonyl (C=O) groups is 1. The van der Waals surface area contributed by atoms with Gasteiger partial charge in [-0.05, 0) is 39.3 Å². The molecule has 22 heavy (non-hydrogen) atoms. The van der Waals surface area contributed by atoms with Crippen LogP contribution >= 0.6 is 0 Å².